The molecular formula is C21H25N5O11. The summed E-state index contributed by atoms with van der Waals surface area (Å²) in [6, 6.07) is 4.58. The molecule has 1 aromatic carbocycles. The molecule has 0 saturated carbocycles. The van der Waals surface area contributed by atoms with Gasteiger partial charge in [0.1, 0.15) is 24.1 Å². The molecule has 5 atom stereocenters. The van der Waals surface area contributed by atoms with Crippen molar-refractivity contribution in [2.45, 2.75) is 49.7 Å². The van der Waals surface area contributed by atoms with Crippen molar-refractivity contribution in [1.82, 2.24) is 5.32 Å². The van der Waals surface area contributed by atoms with Crippen LogP contribution in [0.5, 0.6) is 0 Å². The molecule has 0 aromatic heterocycles. The lowest BCUT2D eigenvalue weighted by Gasteiger charge is -2.21. The highest BCUT2D eigenvalue weighted by molar-refractivity contribution is 5.97. The Morgan fingerprint density at radius 1 is 1.11 bits per heavy atom. The normalized spacial score (nSPS) is 22.8. The monoisotopic (exact) mass is 523 g/mol. The third kappa shape index (κ3) is 7.58. The summed E-state index contributed by atoms with van der Waals surface area (Å²) in [5.74, 6) is -3.86. The number of hydrogen-bond acceptors (Lipinski definition) is 11. The van der Waals surface area contributed by atoms with Crippen LogP contribution in [0.2, 0.25) is 0 Å². The van der Waals surface area contributed by atoms with Gasteiger partial charge in [-0.25, -0.2) is 4.79 Å². The average Bonchev–Trinajstić information content (AvgIpc) is 3.40. The highest BCUT2D eigenvalue weighted by Crippen LogP contribution is 2.30. The SMILES string of the molecule is N=C(N)c1ccc(NC(=O)CCC(=O)NC(CC(=O)O)C(=O)O[C@@H]2CO[C@@H]3[C@H]2OC[C@H]3O[N+](=O)[O-])cc1. The molecule has 2 amide bonds. The summed E-state index contributed by atoms with van der Waals surface area (Å²) >= 11 is 0. The Kier molecular flexibility index (Phi) is 8.91. The van der Waals surface area contributed by atoms with Crippen LogP contribution < -0.4 is 16.4 Å². The minimum atomic E-state index is -1.56. The topological polar surface area (TPSA) is 242 Å². The molecule has 3 rings (SSSR count). The van der Waals surface area contributed by atoms with E-state index < -0.39 is 65.7 Å². The van der Waals surface area contributed by atoms with Gasteiger partial charge in [-0.2, -0.15) is 0 Å². The van der Waals surface area contributed by atoms with E-state index in [1.54, 1.807) is 0 Å². The fourth-order valence-corrected chi connectivity index (χ4v) is 3.78. The van der Waals surface area contributed by atoms with Gasteiger partial charge in [0.05, 0.1) is 19.6 Å². The van der Waals surface area contributed by atoms with Gasteiger partial charge < -0.3 is 40.5 Å². The van der Waals surface area contributed by atoms with E-state index in [9.17, 15) is 29.3 Å². The second-order valence-corrected chi connectivity index (χ2v) is 8.20. The molecule has 2 saturated heterocycles. The van der Waals surface area contributed by atoms with Crippen LogP contribution in [-0.2, 0) is 38.2 Å². The molecule has 0 aliphatic carbocycles. The zero-order valence-electron chi connectivity index (χ0n) is 19.3. The number of carboxylic acid groups (broad SMARTS) is 1. The minimum Gasteiger partial charge on any atom is -0.481 e. The molecule has 1 unspecified atom stereocenters. The highest BCUT2D eigenvalue weighted by atomic mass is 17.0. The average molecular weight is 523 g/mol. The fraction of sp³-hybridized carbons (Fsp3) is 0.476. The Balaban J connectivity index is 1.49. The van der Waals surface area contributed by atoms with Gasteiger partial charge in [0.25, 0.3) is 5.09 Å². The number of esters is 1. The molecule has 2 aliphatic rings. The van der Waals surface area contributed by atoms with E-state index in [1.165, 1.54) is 24.3 Å². The Morgan fingerprint density at radius 2 is 1.70 bits per heavy atom. The van der Waals surface area contributed by atoms with Crippen molar-refractivity contribution in [3.63, 3.8) is 0 Å². The number of carbonyl (C=O) groups excluding carboxylic acids is 3. The summed E-state index contributed by atoms with van der Waals surface area (Å²) in [7, 11) is 0. The highest BCUT2D eigenvalue weighted by Gasteiger charge is 2.51. The molecule has 2 fully saturated rings. The lowest BCUT2D eigenvalue weighted by Crippen LogP contribution is -2.46. The van der Waals surface area contributed by atoms with Crippen LogP contribution >= 0.6 is 0 Å². The number of rotatable bonds is 12. The van der Waals surface area contributed by atoms with Gasteiger partial charge >= 0.3 is 11.9 Å². The van der Waals surface area contributed by atoms with Crippen molar-refractivity contribution in [3.8, 4) is 0 Å². The number of carbonyl (C=O) groups is 4. The van der Waals surface area contributed by atoms with Crippen molar-refractivity contribution in [2.75, 3.05) is 18.5 Å². The standard InChI is InChI=1S/C21H25N5O11/c22-20(23)10-1-3-11(4-2-10)24-15(27)5-6-16(28)25-12(7-17(29)30)21(31)36-13-8-34-19-14(37-26(32)33)9-35-18(13)19/h1-4,12-14,18-19H,5-9H2,(H3,22,23)(H,24,27)(H,25,28)(H,29,30)/t12?,13-,14-,18+,19+/m1/s1. The molecular weight excluding hydrogens is 498 g/mol. The van der Waals surface area contributed by atoms with Crippen molar-refractivity contribution in [2.24, 2.45) is 5.73 Å². The largest absolute Gasteiger partial charge is 0.481 e. The molecule has 200 valence electrons. The van der Waals surface area contributed by atoms with Gasteiger partial charge in [0, 0.05) is 24.1 Å². The van der Waals surface area contributed by atoms with E-state index >= 15 is 0 Å². The number of carboxylic acids is 1. The number of hydrogen-bond donors (Lipinski definition) is 5. The van der Waals surface area contributed by atoms with Crippen molar-refractivity contribution >= 4 is 35.3 Å². The van der Waals surface area contributed by atoms with Crippen molar-refractivity contribution < 1.29 is 48.4 Å². The van der Waals surface area contributed by atoms with Gasteiger partial charge in [-0.15, -0.1) is 10.1 Å². The second-order valence-electron chi connectivity index (χ2n) is 8.20. The van der Waals surface area contributed by atoms with Crippen LogP contribution in [0.1, 0.15) is 24.8 Å². The summed E-state index contributed by atoms with van der Waals surface area (Å²) < 4.78 is 16.0. The molecule has 1 aromatic rings. The van der Waals surface area contributed by atoms with Gasteiger partial charge in [0.2, 0.25) is 11.8 Å². The lowest BCUT2D eigenvalue weighted by atomic mass is 10.1. The Bertz CT molecular complexity index is 1060. The first-order chi connectivity index (χ1) is 17.5. The summed E-state index contributed by atoms with van der Waals surface area (Å²) in [6.45, 7) is -0.331. The van der Waals surface area contributed by atoms with E-state index in [4.69, 9.17) is 30.5 Å². The molecule has 0 spiro atoms. The number of ether oxygens (including phenoxy) is 3. The van der Waals surface area contributed by atoms with Gasteiger partial charge in [-0.05, 0) is 24.3 Å². The van der Waals surface area contributed by atoms with Gasteiger partial charge in [0.15, 0.2) is 12.2 Å². The fourth-order valence-electron chi connectivity index (χ4n) is 3.78. The molecule has 0 radical (unpaired) electrons. The molecule has 16 heteroatoms. The van der Waals surface area contributed by atoms with Crippen molar-refractivity contribution in [3.05, 3.63) is 39.9 Å². The number of aliphatic carboxylic acids is 1. The van der Waals surface area contributed by atoms with E-state index in [-0.39, 0.29) is 31.9 Å². The minimum absolute atomic E-state index is 0.131. The van der Waals surface area contributed by atoms with Crippen LogP contribution in [0.25, 0.3) is 0 Å². The van der Waals surface area contributed by atoms with Crippen LogP contribution in [0.15, 0.2) is 24.3 Å². The van der Waals surface area contributed by atoms with E-state index in [2.05, 4.69) is 15.5 Å². The van der Waals surface area contributed by atoms with Crippen LogP contribution in [0.3, 0.4) is 0 Å². The number of nitrogens with one attached hydrogen (secondary N) is 3. The summed E-state index contributed by atoms with van der Waals surface area (Å²) in [6.07, 6.45) is -5.10. The first-order valence-electron chi connectivity index (χ1n) is 11.0. The first kappa shape index (κ1) is 27.3. The van der Waals surface area contributed by atoms with E-state index in [0.717, 1.165) is 0 Å². The van der Waals surface area contributed by atoms with E-state index in [0.29, 0.717) is 11.3 Å². The van der Waals surface area contributed by atoms with Crippen LogP contribution in [-0.4, -0.2) is 83.5 Å². The number of amidine groups is 1. The zero-order chi connectivity index (χ0) is 27.1. The first-order valence-corrected chi connectivity index (χ1v) is 11.0. The number of anilines is 1. The van der Waals surface area contributed by atoms with Gasteiger partial charge in [-0.3, -0.25) is 19.8 Å². The summed E-state index contributed by atoms with van der Waals surface area (Å²) in [4.78, 5) is 63.4. The number of fused-ring (bicyclic) bond motifs is 1. The predicted molar refractivity (Wildman–Crippen MR) is 121 cm³/mol. The maximum atomic E-state index is 12.6. The molecule has 37 heavy (non-hydrogen) atoms. The zero-order valence-corrected chi connectivity index (χ0v) is 19.3. The number of nitrogens with zero attached hydrogens (tertiary/aromatic N) is 1. The van der Waals surface area contributed by atoms with Crippen molar-refractivity contribution in [1.29, 1.82) is 5.41 Å². The molecule has 16 nitrogen and oxygen atoms in total. The molecule has 2 aliphatic heterocycles. The number of nitrogen functional groups attached to an aromatic ring is 1. The Morgan fingerprint density at radius 3 is 2.30 bits per heavy atom. The number of amides is 2. The molecule has 0 bridgehead atoms. The Hall–Kier alpha value is -4.31. The maximum Gasteiger partial charge on any atom is 0.329 e. The molecule has 6 N–H and O–H groups in total. The smallest absolute Gasteiger partial charge is 0.329 e. The molecule has 2 heterocycles. The van der Waals surface area contributed by atoms with E-state index in [1.807, 2.05) is 0 Å². The summed E-state index contributed by atoms with van der Waals surface area (Å²) in [5, 5.41) is 30.9. The number of benzene rings is 1. The quantitative estimate of drug-likeness (QED) is 0.0723. The maximum absolute atomic E-state index is 12.6. The second kappa shape index (κ2) is 12.1. The van der Waals surface area contributed by atoms with Crippen LogP contribution in [0, 0.1) is 15.5 Å². The third-order valence-corrected chi connectivity index (χ3v) is 5.51. The van der Waals surface area contributed by atoms with Crippen LogP contribution in [0.4, 0.5) is 5.69 Å². The predicted octanol–water partition coefficient (Wildman–Crippen LogP) is -1.06. The third-order valence-electron chi connectivity index (χ3n) is 5.51. The lowest BCUT2D eigenvalue weighted by molar-refractivity contribution is -0.769. The number of nitrogens with two attached hydrogens (primary N) is 1. The Labute approximate surface area is 209 Å². The summed E-state index contributed by atoms with van der Waals surface area (Å²) in [5.41, 5.74) is 6.26. The van der Waals surface area contributed by atoms with Gasteiger partial charge in [-0.1, -0.05) is 0 Å².